The van der Waals surface area contributed by atoms with Crippen molar-refractivity contribution in [3.63, 3.8) is 0 Å². The number of nitrogens with zero attached hydrogens (tertiary/aromatic N) is 3. The maximum absolute atomic E-state index is 11.5. The van der Waals surface area contributed by atoms with Crippen LogP contribution in [0.15, 0.2) is 60.8 Å². The Morgan fingerprint density at radius 2 is 1.88 bits per heavy atom. The van der Waals surface area contributed by atoms with Crippen LogP contribution >= 0.6 is 23.2 Å². The molecule has 2 aromatic carbocycles. The first kappa shape index (κ1) is 33.4. The standard InChI is InChI=1S/C35H34Cl2N6O2.CH2O2/c1-43-29-13-14-38-19-27(29)23-9-6-20(16-30(23)43)34-33(37)25(12-15-40-34)24-4-3-5-26(32(24)36)28-10-7-21(35(42-28)45-2)17-39-18-22-8-11-31(44)41-22;2-1-3/h3-7,9-10,12,15-16,22,38-39H,8,11,13-14,17-19H2,1-2H3,(H,41,44);1H,(H,2,3)/t22-;/m0./s1. The molecule has 2 aliphatic heterocycles. The number of hydrogen-bond donors (Lipinski definition) is 4. The van der Waals surface area contributed by atoms with Gasteiger partial charge in [-0.1, -0.05) is 59.6 Å². The molecular formula is C36H36Cl2N6O4. The van der Waals surface area contributed by atoms with Crippen molar-refractivity contribution < 1.29 is 19.4 Å². The maximum Gasteiger partial charge on any atom is 0.290 e. The number of ether oxygens (including phenoxy) is 1. The monoisotopic (exact) mass is 686 g/mol. The summed E-state index contributed by atoms with van der Waals surface area (Å²) in [7, 11) is 3.75. The zero-order valence-corrected chi connectivity index (χ0v) is 28.2. The van der Waals surface area contributed by atoms with Gasteiger partial charge in [0.05, 0.1) is 28.5 Å². The molecule has 248 valence electrons. The molecule has 3 aromatic heterocycles. The first-order valence-corrected chi connectivity index (χ1v) is 16.5. The number of pyridine rings is 2. The van der Waals surface area contributed by atoms with E-state index < -0.39 is 0 Å². The number of methoxy groups -OCH3 is 1. The SMILES string of the molecule is COc1nc(-c2cccc(-c3ccnc(-c4ccc5c6c(n(C)c5c4)CCNC6)c3Cl)c2Cl)ccc1CNC[C@@H]1CCC(=O)N1.O=CO. The van der Waals surface area contributed by atoms with Gasteiger partial charge in [0, 0.05) is 103 Å². The zero-order chi connectivity index (χ0) is 33.8. The van der Waals surface area contributed by atoms with Crippen molar-refractivity contribution in [3.05, 3.63) is 87.7 Å². The minimum absolute atomic E-state index is 0.110. The second-order valence-electron chi connectivity index (χ2n) is 11.7. The topological polar surface area (TPSA) is 130 Å². The fourth-order valence-electron chi connectivity index (χ4n) is 6.58. The van der Waals surface area contributed by atoms with Crippen LogP contribution in [0.3, 0.4) is 0 Å². The molecule has 5 heterocycles. The third kappa shape index (κ3) is 6.61. The van der Waals surface area contributed by atoms with E-state index in [-0.39, 0.29) is 18.4 Å². The smallest absolute Gasteiger partial charge is 0.290 e. The second kappa shape index (κ2) is 14.7. The van der Waals surface area contributed by atoms with Crippen molar-refractivity contribution >= 4 is 46.5 Å². The van der Waals surface area contributed by atoms with Crippen LogP contribution in [0.25, 0.3) is 44.5 Å². The first-order valence-electron chi connectivity index (χ1n) is 15.7. The third-order valence-corrected chi connectivity index (χ3v) is 9.72. The Bertz CT molecular complexity index is 2000. The number of carboxylic acid groups (broad SMARTS) is 1. The molecule has 0 aliphatic carbocycles. The number of aromatic nitrogens is 3. The molecule has 10 nitrogen and oxygen atoms in total. The molecule has 2 aliphatic rings. The molecule has 0 radical (unpaired) electrons. The van der Waals surface area contributed by atoms with Crippen LogP contribution in [0, 0.1) is 0 Å². The molecule has 1 amide bonds. The number of carbonyl (C=O) groups is 2. The molecule has 0 unspecified atom stereocenters. The van der Waals surface area contributed by atoms with Crippen molar-refractivity contribution in [1.29, 1.82) is 0 Å². The van der Waals surface area contributed by atoms with Gasteiger partial charge in [-0.3, -0.25) is 14.6 Å². The van der Waals surface area contributed by atoms with Crippen molar-refractivity contribution in [1.82, 2.24) is 30.5 Å². The van der Waals surface area contributed by atoms with Crippen molar-refractivity contribution in [2.75, 3.05) is 20.2 Å². The summed E-state index contributed by atoms with van der Waals surface area (Å²) in [6.07, 6.45) is 4.23. The summed E-state index contributed by atoms with van der Waals surface area (Å²) >= 11 is 14.2. The number of amides is 1. The fraction of sp³-hybridized carbons (Fsp3) is 0.278. The Morgan fingerprint density at radius 3 is 2.65 bits per heavy atom. The van der Waals surface area contributed by atoms with Gasteiger partial charge in [0.2, 0.25) is 11.8 Å². The van der Waals surface area contributed by atoms with Gasteiger partial charge >= 0.3 is 0 Å². The number of fused-ring (bicyclic) bond motifs is 3. The molecule has 0 bridgehead atoms. The van der Waals surface area contributed by atoms with Gasteiger partial charge in [-0.05, 0) is 30.2 Å². The van der Waals surface area contributed by atoms with E-state index in [0.29, 0.717) is 46.8 Å². The van der Waals surface area contributed by atoms with Gasteiger partial charge in [0.15, 0.2) is 0 Å². The number of carbonyl (C=O) groups excluding carboxylic acids is 1. The third-order valence-electron chi connectivity index (χ3n) is 8.93. The summed E-state index contributed by atoms with van der Waals surface area (Å²) in [5, 5.41) is 19.1. The summed E-state index contributed by atoms with van der Waals surface area (Å²) < 4.78 is 7.95. The summed E-state index contributed by atoms with van der Waals surface area (Å²) in [5.74, 6) is 0.633. The highest BCUT2D eigenvalue weighted by atomic mass is 35.5. The van der Waals surface area contributed by atoms with Crippen molar-refractivity contribution in [3.8, 4) is 39.5 Å². The van der Waals surface area contributed by atoms with Crippen LogP contribution in [-0.4, -0.2) is 58.3 Å². The quantitative estimate of drug-likeness (QED) is 0.146. The normalized spacial score (nSPS) is 15.4. The molecule has 12 heteroatoms. The van der Waals surface area contributed by atoms with E-state index >= 15 is 0 Å². The lowest BCUT2D eigenvalue weighted by Crippen LogP contribution is -2.35. The van der Waals surface area contributed by atoms with Gasteiger partial charge in [0.1, 0.15) is 0 Å². The Kier molecular flexibility index (Phi) is 10.3. The number of benzene rings is 2. The number of aryl methyl sites for hydroxylation is 1. The number of nitrogens with one attached hydrogen (secondary N) is 3. The number of halogens is 2. The van der Waals surface area contributed by atoms with E-state index in [4.69, 9.17) is 47.8 Å². The average molecular weight is 688 g/mol. The highest BCUT2D eigenvalue weighted by Gasteiger charge is 2.22. The van der Waals surface area contributed by atoms with E-state index in [9.17, 15) is 4.79 Å². The van der Waals surface area contributed by atoms with E-state index in [1.807, 2.05) is 36.4 Å². The maximum atomic E-state index is 11.5. The highest BCUT2D eigenvalue weighted by molar-refractivity contribution is 6.39. The molecule has 1 fully saturated rings. The van der Waals surface area contributed by atoms with E-state index in [0.717, 1.165) is 53.7 Å². The summed E-state index contributed by atoms with van der Waals surface area (Å²) in [6.45, 7) is 2.89. The predicted octanol–water partition coefficient (Wildman–Crippen LogP) is 6.00. The zero-order valence-electron chi connectivity index (χ0n) is 26.6. The molecule has 0 spiro atoms. The summed E-state index contributed by atoms with van der Waals surface area (Å²) in [6, 6.07) is 18.3. The van der Waals surface area contributed by atoms with Crippen LogP contribution in [0.5, 0.6) is 5.88 Å². The lowest BCUT2D eigenvalue weighted by molar-refractivity contribution is -0.123. The number of rotatable bonds is 8. The minimum Gasteiger partial charge on any atom is -0.483 e. The Hall–Kier alpha value is -4.48. The fourth-order valence-corrected chi connectivity index (χ4v) is 7.23. The Balaban J connectivity index is 0.00000129. The van der Waals surface area contributed by atoms with Gasteiger partial charge in [-0.15, -0.1) is 0 Å². The average Bonchev–Trinajstić information content (AvgIpc) is 3.65. The number of hydrogen-bond acceptors (Lipinski definition) is 7. The molecule has 1 atom stereocenters. The largest absolute Gasteiger partial charge is 0.483 e. The molecule has 4 N–H and O–H groups in total. The molecule has 5 aromatic rings. The minimum atomic E-state index is -0.250. The van der Waals surface area contributed by atoms with Crippen molar-refractivity contribution in [2.24, 2.45) is 7.05 Å². The summed E-state index contributed by atoms with van der Waals surface area (Å²) in [5.41, 5.74) is 9.59. The molecule has 0 saturated carbocycles. The lowest BCUT2D eigenvalue weighted by atomic mass is 9.99. The van der Waals surface area contributed by atoms with Crippen LogP contribution in [-0.2, 0) is 36.1 Å². The molecule has 48 heavy (non-hydrogen) atoms. The second-order valence-corrected chi connectivity index (χ2v) is 12.5. The van der Waals surface area contributed by atoms with E-state index in [2.05, 4.69) is 45.8 Å². The van der Waals surface area contributed by atoms with Gasteiger partial charge in [-0.25, -0.2) is 4.98 Å². The predicted molar refractivity (Wildman–Crippen MR) is 188 cm³/mol. The van der Waals surface area contributed by atoms with Crippen LogP contribution < -0.4 is 20.7 Å². The molecule has 7 rings (SSSR count). The summed E-state index contributed by atoms with van der Waals surface area (Å²) in [4.78, 5) is 29.4. The Labute approximate surface area is 288 Å². The molecule has 1 saturated heterocycles. The van der Waals surface area contributed by atoms with Crippen molar-refractivity contribution in [2.45, 2.75) is 38.4 Å². The van der Waals surface area contributed by atoms with E-state index in [1.165, 1.54) is 22.2 Å². The first-order chi connectivity index (χ1) is 23.3. The highest BCUT2D eigenvalue weighted by Crippen LogP contribution is 2.42. The molecular weight excluding hydrogens is 651 g/mol. The lowest BCUT2D eigenvalue weighted by Gasteiger charge is -2.15. The van der Waals surface area contributed by atoms with Crippen LogP contribution in [0.2, 0.25) is 10.0 Å². The van der Waals surface area contributed by atoms with Gasteiger partial charge in [0.25, 0.3) is 6.47 Å². The van der Waals surface area contributed by atoms with Crippen LogP contribution in [0.4, 0.5) is 0 Å². The Morgan fingerprint density at radius 1 is 1.08 bits per heavy atom. The van der Waals surface area contributed by atoms with Crippen LogP contribution in [0.1, 0.15) is 29.7 Å². The van der Waals surface area contributed by atoms with Gasteiger partial charge < -0.3 is 30.4 Å². The van der Waals surface area contributed by atoms with E-state index in [1.54, 1.807) is 13.3 Å². The van der Waals surface area contributed by atoms with Gasteiger partial charge in [-0.2, -0.15) is 0 Å².